The SMILES string of the molecule is CCCCCCCC(=O)N1CCCCC(N)C1=O. The van der Waals surface area contributed by atoms with Gasteiger partial charge in [0.1, 0.15) is 0 Å². The average molecular weight is 254 g/mol. The van der Waals surface area contributed by atoms with Crippen LogP contribution in [0.25, 0.3) is 0 Å². The number of carbonyl (C=O) groups is 2. The molecule has 1 unspecified atom stereocenters. The minimum absolute atomic E-state index is 0.0335. The summed E-state index contributed by atoms with van der Waals surface area (Å²) < 4.78 is 0. The number of rotatable bonds is 6. The Morgan fingerprint density at radius 2 is 2.00 bits per heavy atom. The van der Waals surface area contributed by atoms with E-state index in [1.165, 1.54) is 24.2 Å². The molecule has 1 aliphatic rings. The summed E-state index contributed by atoms with van der Waals surface area (Å²) in [6, 6.07) is -0.475. The summed E-state index contributed by atoms with van der Waals surface area (Å²) in [5, 5.41) is 0. The highest BCUT2D eigenvalue weighted by atomic mass is 16.2. The van der Waals surface area contributed by atoms with Crippen molar-refractivity contribution in [2.45, 2.75) is 70.8 Å². The standard InChI is InChI=1S/C14H26N2O2/c1-2-3-4-5-6-10-13(17)16-11-8-7-9-12(15)14(16)18/h12H,2-11,15H2,1H3. The molecule has 0 saturated carbocycles. The van der Waals surface area contributed by atoms with Gasteiger partial charge in [-0.1, -0.05) is 32.6 Å². The maximum absolute atomic E-state index is 12.0. The van der Waals surface area contributed by atoms with Crippen LogP contribution < -0.4 is 5.73 Å². The second kappa shape index (κ2) is 8.25. The summed E-state index contributed by atoms with van der Waals surface area (Å²) in [7, 11) is 0. The molecule has 1 atom stereocenters. The molecule has 1 rings (SSSR count). The zero-order valence-corrected chi connectivity index (χ0v) is 11.5. The van der Waals surface area contributed by atoms with Crippen molar-refractivity contribution in [3.05, 3.63) is 0 Å². The monoisotopic (exact) mass is 254 g/mol. The summed E-state index contributed by atoms with van der Waals surface area (Å²) in [5.41, 5.74) is 5.76. The lowest BCUT2D eigenvalue weighted by Gasteiger charge is -2.20. The molecule has 0 radical (unpaired) electrons. The van der Waals surface area contributed by atoms with Gasteiger partial charge in [-0.3, -0.25) is 14.5 Å². The van der Waals surface area contributed by atoms with Crippen molar-refractivity contribution in [3.63, 3.8) is 0 Å². The number of carbonyl (C=O) groups excluding carboxylic acids is 2. The van der Waals surface area contributed by atoms with Crippen LogP contribution in [0.2, 0.25) is 0 Å². The minimum atomic E-state index is -0.475. The molecular formula is C14H26N2O2. The van der Waals surface area contributed by atoms with Crippen LogP contribution in [0.4, 0.5) is 0 Å². The van der Waals surface area contributed by atoms with Gasteiger partial charge < -0.3 is 5.73 Å². The van der Waals surface area contributed by atoms with E-state index < -0.39 is 6.04 Å². The normalized spacial score (nSPS) is 20.9. The second-order valence-electron chi connectivity index (χ2n) is 5.15. The fourth-order valence-corrected chi connectivity index (χ4v) is 2.33. The van der Waals surface area contributed by atoms with Crippen LogP contribution in [-0.2, 0) is 9.59 Å². The largest absolute Gasteiger partial charge is 0.320 e. The number of unbranched alkanes of at least 4 members (excludes halogenated alkanes) is 4. The van der Waals surface area contributed by atoms with E-state index >= 15 is 0 Å². The molecule has 4 heteroatoms. The van der Waals surface area contributed by atoms with Gasteiger partial charge in [-0.2, -0.15) is 0 Å². The van der Waals surface area contributed by atoms with Crippen molar-refractivity contribution in [2.24, 2.45) is 5.73 Å². The predicted octanol–water partition coefficient (Wildman–Crippen LogP) is 2.21. The molecule has 2 amide bonds. The van der Waals surface area contributed by atoms with Crippen molar-refractivity contribution in [3.8, 4) is 0 Å². The van der Waals surface area contributed by atoms with Crippen molar-refractivity contribution in [1.29, 1.82) is 0 Å². The molecule has 1 saturated heterocycles. The summed E-state index contributed by atoms with van der Waals surface area (Å²) in [6.45, 7) is 2.72. The third-order valence-corrected chi connectivity index (χ3v) is 3.53. The number of likely N-dealkylation sites (tertiary alicyclic amines) is 1. The van der Waals surface area contributed by atoms with Gasteiger partial charge in [0.25, 0.3) is 0 Å². The quantitative estimate of drug-likeness (QED) is 0.739. The summed E-state index contributed by atoms with van der Waals surface area (Å²) in [4.78, 5) is 25.3. The van der Waals surface area contributed by atoms with Crippen LogP contribution in [0, 0.1) is 0 Å². The Morgan fingerprint density at radius 3 is 2.72 bits per heavy atom. The fraction of sp³-hybridized carbons (Fsp3) is 0.857. The molecule has 0 aromatic heterocycles. The van der Waals surface area contributed by atoms with Crippen molar-refractivity contribution in [2.75, 3.05) is 6.54 Å². The van der Waals surface area contributed by atoms with Crippen molar-refractivity contribution >= 4 is 11.8 Å². The highest BCUT2D eigenvalue weighted by Crippen LogP contribution is 2.13. The third kappa shape index (κ3) is 4.77. The summed E-state index contributed by atoms with van der Waals surface area (Å²) in [6.07, 6.45) is 8.59. The Hall–Kier alpha value is -0.900. The van der Waals surface area contributed by atoms with Crippen molar-refractivity contribution in [1.82, 2.24) is 4.90 Å². The van der Waals surface area contributed by atoms with Gasteiger partial charge in [0.2, 0.25) is 11.8 Å². The van der Waals surface area contributed by atoms with Gasteiger partial charge in [0.05, 0.1) is 6.04 Å². The van der Waals surface area contributed by atoms with Gasteiger partial charge >= 0.3 is 0 Å². The number of amides is 2. The zero-order valence-electron chi connectivity index (χ0n) is 11.5. The first-order valence-corrected chi connectivity index (χ1v) is 7.26. The lowest BCUT2D eigenvalue weighted by molar-refractivity contribution is -0.145. The van der Waals surface area contributed by atoms with E-state index in [2.05, 4.69) is 6.92 Å². The van der Waals surface area contributed by atoms with Crippen LogP contribution in [0.5, 0.6) is 0 Å². The second-order valence-corrected chi connectivity index (χ2v) is 5.15. The minimum Gasteiger partial charge on any atom is -0.320 e. The molecule has 0 aromatic carbocycles. The topological polar surface area (TPSA) is 63.4 Å². The first-order chi connectivity index (χ1) is 8.66. The molecule has 4 nitrogen and oxygen atoms in total. The van der Waals surface area contributed by atoms with E-state index in [1.807, 2.05) is 0 Å². The van der Waals surface area contributed by atoms with Crippen LogP contribution in [-0.4, -0.2) is 29.3 Å². The Kier molecular flexibility index (Phi) is 6.94. The van der Waals surface area contributed by atoms with E-state index in [-0.39, 0.29) is 11.8 Å². The van der Waals surface area contributed by atoms with E-state index in [4.69, 9.17) is 5.73 Å². The molecule has 1 aliphatic heterocycles. The fourth-order valence-electron chi connectivity index (χ4n) is 2.33. The molecule has 0 aromatic rings. The van der Waals surface area contributed by atoms with E-state index in [9.17, 15) is 9.59 Å². The van der Waals surface area contributed by atoms with Gasteiger partial charge in [0.15, 0.2) is 0 Å². The van der Waals surface area contributed by atoms with E-state index in [0.29, 0.717) is 19.4 Å². The lowest BCUT2D eigenvalue weighted by atomic mass is 10.1. The predicted molar refractivity (Wildman–Crippen MR) is 71.9 cm³/mol. The van der Waals surface area contributed by atoms with Gasteiger partial charge in [-0.25, -0.2) is 0 Å². The average Bonchev–Trinajstić information content (AvgIpc) is 2.52. The van der Waals surface area contributed by atoms with E-state index in [0.717, 1.165) is 25.7 Å². The molecule has 0 spiro atoms. The molecule has 1 fully saturated rings. The maximum atomic E-state index is 12.0. The summed E-state index contributed by atoms with van der Waals surface area (Å²) in [5.74, 6) is -0.208. The summed E-state index contributed by atoms with van der Waals surface area (Å²) >= 11 is 0. The molecule has 0 bridgehead atoms. The third-order valence-electron chi connectivity index (χ3n) is 3.53. The molecule has 0 aliphatic carbocycles. The smallest absolute Gasteiger partial charge is 0.246 e. The molecule has 1 heterocycles. The van der Waals surface area contributed by atoms with Crippen molar-refractivity contribution < 1.29 is 9.59 Å². The Balaban J connectivity index is 2.32. The number of nitrogens with zero attached hydrogens (tertiary/aromatic N) is 1. The first kappa shape index (κ1) is 15.2. The maximum Gasteiger partial charge on any atom is 0.246 e. The number of hydrogen-bond acceptors (Lipinski definition) is 3. The van der Waals surface area contributed by atoms with Gasteiger partial charge in [0, 0.05) is 13.0 Å². The first-order valence-electron chi connectivity index (χ1n) is 7.26. The Labute approximate surface area is 110 Å². The van der Waals surface area contributed by atoms with Crippen LogP contribution in [0.15, 0.2) is 0 Å². The molecule has 2 N–H and O–H groups in total. The Bertz CT molecular complexity index is 279. The molecule has 104 valence electrons. The van der Waals surface area contributed by atoms with Crippen LogP contribution in [0.3, 0.4) is 0 Å². The molecular weight excluding hydrogens is 228 g/mol. The van der Waals surface area contributed by atoms with Gasteiger partial charge in [-0.15, -0.1) is 0 Å². The number of nitrogens with two attached hydrogens (primary N) is 1. The lowest BCUT2D eigenvalue weighted by Crippen LogP contribution is -2.45. The zero-order chi connectivity index (χ0) is 13.4. The van der Waals surface area contributed by atoms with Gasteiger partial charge in [-0.05, 0) is 25.7 Å². The Morgan fingerprint density at radius 1 is 1.28 bits per heavy atom. The number of imide groups is 1. The van der Waals surface area contributed by atoms with Crippen LogP contribution in [0.1, 0.15) is 64.7 Å². The van der Waals surface area contributed by atoms with Crippen LogP contribution >= 0.6 is 0 Å². The highest BCUT2D eigenvalue weighted by Gasteiger charge is 2.27. The van der Waals surface area contributed by atoms with E-state index in [1.54, 1.807) is 0 Å². The molecule has 18 heavy (non-hydrogen) atoms. The highest BCUT2D eigenvalue weighted by molar-refractivity contribution is 5.97. The number of hydrogen-bond donors (Lipinski definition) is 1.